The van der Waals surface area contributed by atoms with E-state index in [0.29, 0.717) is 5.56 Å². The van der Waals surface area contributed by atoms with E-state index in [1.54, 1.807) is 0 Å². The smallest absolute Gasteiger partial charge is 0.418 e. The summed E-state index contributed by atoms with van der Waals surface area (Å²) in [5.74, 6) is -5.35. The second-order valence-electron chi connectivity index (χ2n) is 11.0. The highest BCUT2D eigenvalue weighted by Gasteiger charge is 2.42. The molecule has 0 radical (unpaired) electrons. The number of piperidine rings is 1. The molecule has 236 valence electrons. The first-order chi connectivity index (χ1) is 21.3. The first-order valence-electron chi connectivity index (χ1n) is 13.7. The van der Waals surface area contributed by atoms with Gasteiger partial charge in [-0.05, 0) is 56.2 Å². The summed E-state index contributed by atoms with van der Waals surface area (Å²) in [4.78, 5) is 53.3. The van der Waals surface area contributed by atoms with Crippen LogP contribution >= 0.6 is 0 Å². The second kappa shape index (κ2) is 12.1. The Morgan fingerprint density at radius 1 is 1.00 bits per heavy atom. The molecule has 0 spiro atoms. The number of aliphatic hydroxyl groups is 1. The molecule has 1 fully saturated rings. The van der Waals surface area contributed by atoms with Gasteiger partial charge in [0.25, 0.3) is 5.91 Å². The van der Waals surface area contributed by atoms with Gasteiger partial charge in [0.05, 0.1) is 29.6 Å². The minimum Gasteiger partial charge on any atom is -0.488 e. The van der Waals surface area contributed by atoms with Crippen LogP contribution in [0, 0.1) is 17.5 Å². The van der Waals surface area contributed by atoms with Gasteiger partial charge in [0.1, 0.15) is 24.1 Å². The van der Waals surface area contributed by atoms with Crippen molar-refractivity contribution in [1.82, 2.24) is 10.2 Å². The summed E-state index contributed by atoms with van der Waals surface area (Å²) in [6, 6.07) is 8.12. The summed E-state index contributed by atoms with van der Waals surface area (Å²) in [7, 11) is 1.06. The van der Waals surface area contributed by atoms with E-state index in [0.717, 1.165) is 36.3 Å². The van der Waals surface area contributed by atoms with Crippen molar-refractivity contribution in [3.63, 3.8) is 0 Å². The fourth-order valence-corrected chi connectivity index (χ4v) is 5.01. The van der Waals surface area contributed by atoms with Gasteiger partial charge in [0, 0.05) is 25.1 Å². The van der Waals surface area contributed by atoms with E-state index in [9.17, 15) is 33.1 Å². The largest absolute Gasteiger partial charge is 0.488 e. The molecule has 0 aliphatic carbocycles. The quantitative estimate of drug-likeness (QED) is 0.343. The number of imide groups is 1. The highest BCUT2D eigenvalue weighted by Crippen LogP contribution is 2.44. The maximum Gasteiger partial charge on any atom is 0.418 e. The maximum atomic E-state index is 15.7. The number of benzene rings is 3. The molecule has 1 saturated heterocycles. The molecule has 2 heterocycles. The van der Waals surface area contributed by atoms with Crippen LogP contribution in [0.4, 0.5) is 29.3 Å². The summed E-state index contributed by atoms with van der Waals surface area (Å²) in [6.07, 6.45) is -0.923. The summed E-state index contributed by atoms with van der Waals surface area (Å²) >= 11 is 0. The number of nitrogens with one attached hydrogen (secondary N) is 1. The van der Waals surface area contributed by atoms with Gasteiger partial charge >= 0.3 is 6.09 Å². The van der Waals surface area contributed by atoms with Crippen molar-refractivity contribution in [2.75, 3.05) is 18.6 Å². The van der Waals surface area contributed by atoms with E-state index < -0.39 is 52.9 Å². The van der Waals surface area contributed by atoms with Gasteiger partial charge in [-0.25, -0.2) is 22.9 Å². The van der Waals surface area contributed by atoms with Crippen LogP contribution in [0.2, 0.25) is 0 Å². The Morgan fingerprint density at radius 2 is 1.67 bits per heavy atom. The van der Waals surface area contributed by atoms with Crippen LogP contribution in [-0.4, -0.2) is 59.2 Å². The van der Waals surface area contributed by atoms with Crippen LogP contribution in [0.3, 0.4) is 0 Å². The number of carbonyl (C=O) groups is 4. The molecule has 2 aliphatic heterocycles. The van der Waals surface area contributed by atoms with Crippen molar-refractivity contribution < 1.29 is 51.7 Å². The fraction of sp³-hybridized carbons (Fsp3) is 0.290. The number of halogens is 3. The van der Waals surface area contributed by atoms with Crippen LogP contribution in [-0.2, 0) is 20.9 Å². The molecule has 0 aromatic heterocycles. The van der Waals surface area contributed by atoms with E-state index in [-0.39, 0.29) is 60.2 Å². The lowest BCUT2D eigenvalue weighted by molar-refractivity contribution is -0.136. The normalized spacial score (nSPS) is 16.3. The Morgan fingerprint density at radius 3 is 2.29 bits per heavy atom. The third kappa shape index (κ3) is 6.41. The monoisotopic (exact) mass is 627 g/mol. The van der Waals surface area contributed by atoms with E-state index in [1.165, 1.54) is 43.0 Å². The average Bonchev–Trinajstić information content (AvgIpc) is 3.30. The van der Waals surface area contributed by atoms with Crippen molar-refractivity contribution >= 4 is 35.2 Å². The minimum atomic E-state index is -1.40. The predicted octanol–water partition coefficient (Wildman–Crippen LogP) is 4.71. The number of nitrogens with zero attached hydrogens (tertiary/aromatic N) is 2. The Balaban J connectivity index is 1.56. The zero-order valence-corrected chi connectivity index (χ0v) is 24.4. The maximum absolute atomic E-state index is 15.7. The number of fused-ring (bicyclic) bond motifs is 1. The molecule has 45 heavy (non-hydrogen) atoms. The van der Waals surface area contributed by atoms with Crippen LogP contribution < -0.4 is 19.7 Å². The third-order valence-electron chi connectivity index (χ3n) is 7.08. The molecule has 3 aromatic carbocycles. The molecule has 11 nitrogen and oxygen atoms in total. The first-order valence-corrected chi connectivity index (χ1v) is 13.7. The molecule has 1 atom stereocenters. The Labute approximate surface area is 255 Å². The molecule has 1 unspecified atom stereocenters. The van der Waals surface area contributed by atoms with Crippen LogP contribution in [0.1, 0.15) is 42.6 Å². The number of amides is 4. The molecule has 2 aliphatic rings. The van der Waals surface area contributed by atoms with Crippen molar-refractivity contribution in [1.29, 1.82) is 0 Å². The molecule has 2 N–H and O–H groups in total. The third-order valence-corrected chi connectivity index (χ3v) is 7.08. The molecule has 4 amide bonds. The number of carbonyl (C=O) groups excluding carboxylic acids is 4. The zero-order valence-electron chi connectivity index (χ0n) is 24.4. The highest BCUT2D eigenvalue weighted by molar-refractivity contribution is 6.09. The summed E-state index contributed by atoms with van der Waals surface area (Å²) in [5.41, 5.74) is -1.45. The molecule has 3 aromatic rings. The van der Waals surface area contributed by atoms with Crippen LogP contribution in [0.15, 0.2) is 48.5 Å². The van der Waals surface area contributed by atoms with Crippen molar-refractivity contribution in [3.8, 4) is 17.2 Å². The van der Waals surface area contributed by atoms with Crippen LogP contribution in [0.5, 0.6) is 17.2 Å². The standard InChI is InChI=1S/C31H28F3N3O8/c1-31(2,42)15-44-27-23(8-4-16-14-36(29(40)26(16)27)24-10-11-25(38)35-28(24)39)37(30(41)43-3)22-9-6-18(13-21(22)34)45-17-5-7-19(32)20(33)12-17/h4-9,12-13,24,42H,10-11,14-15H2,1-3H3,(H,35,38,39). The van der Waals surface area contributed by atoms with E-state index >= 15 is 4.39 Å². The lowest BCUT2D eigenvalue weighted by Gasteiger charge is -2.29. The van der Waals surface area contributed by atoms with Gasteiger partial charge in [-0.15, -0.1) is 0 Å². The van der Waals surface area contributed by atoms with Gasteiger partial charge in [-0.3, -0.25) is 19.7 Å². The molecule has 14 heteroatoms. The number of hydrogen-bond acceptors (Lipinski definition) is 8. The number of rotatable bonds is 8. The van der Waals surface area contributed by atoms with Crippen LogP contribution in [0.25, 0.3) is 0 Å². The van der Waals surface area contributed by atoms with Crippen molar-refractivity contribution in [3.05, 3.63) is 77.1 Å². The molecule has 5 rings (SSSR count). The molecular weight excluding hydrogens is 599 g/mol. The lowest BCUT2D eigenvalue weighted by atomic mass is 10.0. The van der Waals surface area contributed by atoms with Gasteiger partial charge in [-0.1, -0.05) is 6.07 Å². The Hall–Kier alpha value is -5.11. The lowest BCUT2D eigenvalue weighted by Crippen LogP contribution is -2.52. The Kier molecular flexibility index (Phi) is 8.43. The van der Waals surface area contributed by atoms with Gasteiger partial charge < -0.3 is 24.2 Å². The summed E-state index contributed by atoms with van der Waals surface area (Å²) in [6.45, 7) is 2.55. The first kappa shape index (κ1) is 31.3. The Bertz CT molecular complexity index is 1710. The zero-order chi connectivity index (χ0) is 32.6. The minimum absolute atomic E-state index is 0.0117. The second-order valence-corrected chi connectivity index (χ2v) is 11.0. The average molecular weight is 628 g/mol. The topological polar surface area (TPSA) is 135 Å². The van der Waals surface area contributed by atoms with Crippen molar-refractivity contribution in [2.45, 2.75) is 44.9 Å². The number of anilines is 2. The van der Waals surface area contributed by atoms with Gasteiger partial charge in [0.2, 0.25) is 11.8 Å². The van der Waals surface area contributed by atoms with Gasteiger partial charge in [0.15, 0.2) is 23.2 Å². The molecular formula is C31H28F3N3O8. The number of hydrogen-bond donors (Lipinski definition) is 2. The van der Waals surface area contributed by atoms with E-state index in [2.05, 4.69) is 5.32 Å². The highest BCUT2D eigenvalue weighted by atomic mass is 19.2. The number of methoxy groups -OCH3 is 1. The van der Waals surface area contributed by atoms with Gasteiger partial charge in [-0.2, -0.15) is 0 Å². The predicted molar refractivity (Wildman–Crippen MR) is 152 cm³/mol. The molecule has 0 bridgehead atoms. The van der Waals surface area contributed by atoms with Crippen molar-refractivity contribution in [2.24, 2.45) is 0 Å². The SMILES string of the molecule is COC(=O)N(c1ccc(Oc2ccc(F)c(F)c2)cc1F)c1ccc2c(c1OCC(C)(C)O)C(=O)N(C1CCC(=O)NC1=O)C2. The fourth-order valence-electron chi connectivity index (χ4n) is 5.01. The molecule has 0 saturated carbocycles. The van der Waals surface area contributed by atoms with E-state index in [4.69, 9.17) is 14.2 Å². The van der Waals surface area contributed by atoms with E-state index in [1.807, 2.05) is 0 Å². The summed E-state index contributed by atoms with van der Waals surface area (Å²) in [5, 5.41) is 12.6. The summed E-state index contributed by atoms with van der Waals surface area (Å²) < 4.78 is 58.9. The number of ether oxygens (including phenoxy) is 3.